The molecule has 0 bridgehead atoms. The molecule has 1 fully saturated rings. The number of ether oxygens (including phenoxy) is 3. The minimum absolute atomic E-state index is 0.148. The number of anilines is 1. The van der Waals surface area contributed by atoms with Crippen LogP contribution in [0, 0.1) is 0 Å². The van der Waals surface area contributed by atoms with E-state index in [-0.39, 0.29) is 23.3 Å². The maximum Gasteiger partial charge on any atom is 0.242 e. The van der Waals surface area contributed by atoms with Crippen LogP contribution >= 0.6 is 0 Å². The largest absolute Gasteiger partial charge is 0.493 e. The zero-order valence-corrected chi connectivity index (χ0v) is 21.3. The van der Waals surface area contributed by atoms with Crippen molar-refractivity contribution in [2.75, 3.05) is 26.6 Å². The molecule has 0 radical (unpaired) electrons. The predicted molar refractivity (Wildman–Crippen MR) is 137 cm³/mol. The van der Waals surface area contributed by atoms with E-state index >= 15 is 0 Å². The van der Waals surface area contributed by atoms with Gasteiger partial charge in [0.05, 0.1) is 33.1 Å². The highest BCUT2D eigenvalue weighted by Gasteiger charge is 2.30. The fourth-order valence-electron chi connectivity index (χ4n) is 4.68. The smallest absolute Gasteiger partial charge is 0.242 e. The molecule has 9 nitrogen and oxygen atoms in total. The summed E-state index contributed by atoms with van der Waals surface area (Å²) >= 11 is 0. The fraction of sp³-hybridized carbons (Fsp3) is 0.444. The third-order valence-electron chi connectivity index (χ3n) is 6.61. The topological polar surface area (TPSA) is 115 Å². The van der Waals surface area contributed by atoms with Gasteiger partial charge in [-0.05, 0) is 67.5 Å². The van der Waals surface area contributed by atoms with Gasteiger partial charge in [-0.3, -0.25) is 14.4 Å². The summed E-state index contributed by atoms with van der Waals surface area (Å²) < 4.78 is 17.0. The normalized spacial score (nSPS) is 17.0. The summed E-state index contributed by atoms with van der Waals surface area (Å²) in [4.78, 5) is 37.9. The van der Waals surface area contributed by atoms with Crippen LogP contribution in [-0.4, -0.2) is 45.2 Å². The molecule has 0 aliphatic heterocycles. The minimum Gasteiger partial charge on any atom is -0.493 e. The molecule has 1 saturated carbocycles. The van der Waals surface area contributed by atoms with Gasteiger partial charge in [0, 0.05) is 18.5 Å². The van der Waals surface area contributed by atoms with E-state index in [1.807, 2.05) is 12.1 Å². The van der Waals surface area contributed by atoms with E-state index in [1.54, 1.807) is 34.3 Å². The molecule has 2 unspecified atom stereocenters. The summed E-state index contributed by atoms with van der Waals surface area (Å²) in [5.41, 5.74) is 3.15. The SMILES string of the molecule is COc1cc2c(c(OC)c1OC)-c1ccc(NC(C)C(=O)NC3CC3)c(=O)cc1C(NC(C)=O)CC2. The number of rotatable bonds is 8. The number of fused-ring (bicyclic) bond motifs is 3. The monoisotopic (exact) mass is 495 g/mol. The van der Waals surface area contributed by atoms with Crippen molar-refractivity contribution >= 4 is 17.5 Å². The molecule has 2 aliphatic rings. The Kier molecular flexibility index (Phi) is 7.37. The highest BCUT2D eigenvalue weighted by molar-refractivity contribution is 5.86. The van der Waals surface area contributed by atoms with E-state index < -0.39 is 12.1 Å². The van der Waals surface area contributed by atoms with Crippen LogP contribution in [0.2, 0.25) is 0 Å². The first-order valence-corrected chi connectivity index (χ1v) is 12.1. The van der Waals surface area contributed by atoms with E-state index in [4.69, 9.17) is 14.2 Å². The van der Waals surface area contributed by atoms with Crippen LogP contribution < -0.4 is 35.6 Å². The second kappa shape index (κ2) is 10.5. The first-order valence-electron chi connectivity index (χ1n) is 12.1. The molecule has 36 heavy (non-hydrogen) atoms. The number of methoxy groups -OCH3 is 3. The quantitative estimate of drug-likeness (QED) is 0.516. The van der Waals surface area contributed by atoms with E-state index in [9.17, 15) is 14.4 Å². The van der Waals surface area contributed by atoms with E-state index in [0.29, 0.717) is 41.3 Å². The molecule has 2 aromatic rings. The summed E-state index contributed by atoms with van der Waals surface area (Å²) in [6, 6.07) is 6.20. The second-order valence-electron chi connectivity index (χ2n) is 9.24. The Balaban J connectivity index is 1.87. The lowest BCUT2D eigenvalue weighted by Crippen LogP contribution is -2.39. The van der Waals surface area contributed by atoms with Crippen LogP contribution in [0.15, 0.2) is 29.1 Å². The van der Waals surface area contributed by atoms with Crippen molar-refractivity contribution in [3.05, 3.63) is 45.6 Å². The Morgan fingerprint density at radius 1 is 0.972 bits per heavy atom. The summed E-state index contributed by atoms with van der Waals surface area (Å²) in [6.45, 7) is 3.18. The Hall–Kier alpha value is -3.75. The van der Waals surface area contributed by atoms with Gasteiger partial charge in [-0.25, -0.2) is 0 Å². The van der Waals surface area contributed by atoms with E-state index in [0.717, 1.165) is 29.5 Å². The summed E-state index contributed by atoms with van der Waals surface area (Å²) in [6.07, 6.45) is 3.16. The van der Waals surface area contributed by atoms with Gasteiger partial charge in [0.15, 0.2) is 11.5 Å². The first kappa shape index (κ1) is 25.3. The maximum atomic E-state index is 13.3. The van der Waals surface area contributed by atoms with Gasteiger partial charge >= 0.3 is 0 Å². The van der Waals surface area contributed by atoms with Crippen molar-refractivity contribution in [1.29, 1.82) is 0 Å². The van der Waals surface area contributed by atoms with Crippen LogP contribution in [0.4, 0.5) is 5.69 Å². The van der Waals surface area contributed by atoms with Gasteiger partial charge in [0.2, 0.25) is 23.0 Å². The van der Waals surface area contributed by atoms with Crippen molar-refractivity contribution in [2.24, 2.45) is 0 Å². The van der Waals surface area contributed by atoms with Crippen LogP contribution in [0.1, 0.15) is 50.3 Å². The highest BCUT2D eigenvalue weighted by Crippen LogP contribution is 2.50. The maximum absolute atomic E-state index is 13.3. The number of amides is 2. The van der Waals surface area contributed by atoms with Crippen molar-refractivity contribution < 1.29 is 23.8 Å². The minimum atomic E-state index is -0.585. The number of carbonyl (C=O) groups is 2. The summed E-state index contributed by atoms with van der Waals surface area (Å²) in [5, 5.41) is 9.00. The average Bonchev–Trinajstić information content (AvgIpc) is 3.69. The van der Waals surface area contributed by atoms with Gasteiger partial charge in [0.25, 0.3) is 0 Å². The van der Waals surface area contributed by atoms with Gasteiger partial charge in [-0.1, -0.05) is 6.07 Å². The molecule has 0 heterocycles. The molecular formula is C27H33N3O6. The molecule has 3 N–H and O–H groups in total. The standard InChI is InChI=1S/C27H33N3O6/c1-14(27(33)30-17-7-8-17)28-21-11-9-18-19(13-22(21)32)20(29-15(2)31)10-6-16-12-23(34-3)25(35-4)26(36-5)24(16)18/h9,11-14,17,20H,6-8,10H2,1-5H3,(H,28,32)(H,29,31)(H,30,33). The van der Waals surface area contributed by atoms with Crippen LogP contribution in [0.5, 0.6) is 17.2 Å². The van der Waals surface area contributed by atoms with E-state index in [2.05, 4.69) is 16.0 Å². The van der Waals surface area contributed by atoms with Crippen molar-refractivity contribution in [2.45, 2.75) is 57.7 Å². The predicted octanol–water partition coefficient (Wildman–Crippen LogP) is 2.94. The Bertz CT molecular complexity index is 1240. The lowest BCUT2D eigenvalue weighted by Gasteiger charge is -2.19. The van der Waals surface area contributed by atoms with Crippen molar-refractivity contribution in [3.63, 3.8) is 0 Å². The van der Waals surface area contributed by atoms with Crippen molar-refractivity contribution in [3.8, 4) is 28.4 Å². The van der Waals surface area contributed by atoms with Crippen LogP contribution in [0.3, 0.4) is 0 Å². The number of aryl methyl sites for hydroxylation is 1. The second-order valence-corrected chi connectivity index (χ2v) is 9.24. The highest BCUT2D eigenvalue weighted by atomic mass is 16.5. The number of nitrogens with one attached hydrogen (secondary N) is 3. The zero-order valence-electron chi connectivity index (χ0n) is 21.3. The van der Waals surface area contributed by atoms with Gasteiger partial charge < -0.3 is 30.2 Å². The van der Waals surface area contributed by atoms with Crippen LogP contribution in [0.25, 0.3) is 11.1 Å². The molecule has 9 heteroatoms. The van der Waals surface area contributed by atoms with E-state index in [1.165, 1.54) is 13.0 Å². The molecule has 192 valence electrons. The van der Waals surface area contributed by atoms with Crippen LogP contribution in [-0.2, 0) is 16.0 Å². The number of carbonyl (C=O) groups excluding carboxylic acids is 2. The Morgan fingerprint density at radius 3 is 2.31 bits per heavy atom. The molecule has 2 amide bonds. The first-order chi connectivity index (χ1) is 17.3. The van der Waals surface area contributed by atoms with Gasteiger partial charge in [-0.15, -0.1) is 0 Å². The molecule has 4 rings (SSSR count). The van der Waals surface area contributed by atoms with Crippen molar-refractivity contribution in [1.82, 2.24) is 10.6 Å². The summed E-state index contributed by atoms with van der Waals surface area (Å²) in [7, 11) is 4.67. The zero-order chi connectivity index (χ0) is 26.0. The molecule has 0 spiro atoms. The fourth-order valence-corrected chi connectivity index (χ4v) is 4.68. The molecule has 0 saturated heterocycles. The molecule has 2 atom stereocenters. The number of hydrogen-bond donors (Lipinski definition) is 3. The molecule has 2 aromatic carbocycles. The molecule has 0 aromatic heterocycles. The summed E-state index contributed by atoms with van der Waals surface area (Å²) in [5.74, 6) is 1.13. The van der Waals surface area contributed by atoms with Gasteiger partial charge in [-0.2, -0.15) is 0 Å². The van der Waals surface area contributed by atoms with Gasteiger partial charge in [0.1, 0.15) is 6.04 Å². The Morgan fingerprint density at radius 2 is 1.69 bits per heavy atom. The molecular weight excluding hydrogens is 462 g/mol. The number of benzene rings is 1. The third kappa shape index (κ3) is 5.10. The average molecular weight is 496 g/mol. The lowest BCUT2D eigenvalue weighted by molar-refractivity contribution is -0.121. The lowest BCUT2D eigenvalue weighted by atomic mass is 9.95. The Labute approximate surface area is 210 Å². The third-order valence-corrected chi connectivity index (χ3v) is 6.61. The number of hydrogen-bond acceptors (Lipinski definition) is 7. The molecule has 2 aliphatic carbocycles.